The topological polar surface area (TPSA) is 43.1 Å². The van der Waals surface area contributed by atoms with E-state index in [4.69, 9.17) is 5.73 Å². The molecular weight excluding hydrogens is 234 g/mol. The average Bonchev–Trinajstić information content (AvgIpc) is 2.36. The Morgan fingerprint density at radius 1 is 1.37 bits per heavy atom. The van der Waals surface area contributed by atoms with E-state index in [0.717, 1.165) is 18.4 Å². The summed E-state index contributed by atoms with van der Waals surface area (Å²) in [4.78, 5) is 12.1. The molecule has 0 amide bonds. The van der Waals surface area contributed by atoms with Crippen LogP contribution in [0, 0.1) is 5.41 Å². The molecule has 0 saturated carbocycles. The number of fused-ring (bicyclic) bond motifs is 1. The van der Waals surface area contributed by atoms with E-state index < -0.39 is 6.04 Å². The number of hydrogen-bond acceptors (Lipinski definition) is 2. The number of allylic oxidation sites excluding steroid dienone is 1. The summed E-state index contributed by atoms with van der Waals surface area (Å²) < 4.78 is 0. The molecule has 0 aromatic heterocycles. The second-order valence-electron chi connectivity index (χ2n) is 6.40. The van der Waals surface area contributed by atoms with E-state index in [1.54, 1.807) is 0 Å². The maximum atomic E-state index is 12.1. The van der Waals surface area contributed by atoms with Gasteiger partial charge in [0.05, 0.1) is 6.04 Å². The van der Waals surface area contributed by atoms with Crippen LogP contribution in [0.5, 0.6) is 0 Å². The van der Waals surface area contributed by atoms with Crippen molar-refractivity contribution in [3.05, 3.63) is 41.0 Å². The summed E-state index contributed by atoms with van der Waals surface area (Å²) in [5, 5.41) is 0. The van der Waals surface area contributed by atoms with Gasteiger partial charge in [-0.05, 0) is 36.0 Å². The fraction of sp³-hybridized carbons (Fsp3) is 0.471. The first-order valence-corrected chi connectivity index (χ1v) is 6.96. The van der Waals surface area contributed by atoms with Crippen LogP contribution in [0.15, 0.2) is 24.3 Å². The Hall–Kier alpha value is -1.41. The van der Waals surface area contributed by atoms with E-state index in [-0.39, 0.29) is 11.2 Å². The molecule has 1 aliphatic carbocycles. The SMILES string of the molecule is CC(C)(C)C(=O)C(N)Cc1ccc2c(c1)C=CCC2. The lowest BCUT2D eigenvalue weighted by Crippen LogP contribution is -2.40. The summed E-state index contributed by atoms with van der Waals surface area (Å²) in [6.45, 7) is 5.76. The average molecular weight is 257 g/mol. The molecule has 2 N–H and O–H groups in total. The molecule has 0 spiro atoms. The van der Waals surface area contributed by atoms with Crippen molar-refractivity contribution in [2.75, 3.05) is 0 Å². The third kappa shape index (κ3) is 3.32. The number of ketones is 1. The van der Waals surface area contributed by atoms with Crippen LogP contribution in [0.2, 0.25) is 0 Å². The van der Waals surface area contributed by atoms with Gasteiger partial charge in [-0.2, -0.15) is 0 Å². The Balaban J connectivity index is 2.12. The molecule has 0 heterocycles. The molecular formula is C17H23NO. The Morgan fingerprint density at radius 3 is 2.79 bits per heavy atom. The highest BCUT2D eigenvalue weighted by molar-refractivity contribution is 5.88. The maximum absolute atomic E-state index is 12.1. The van der Waals surface area contributed by atoms with Crippen LogP contribution in [0.1, 0.15) is 43.9 Å². The minimum atomic E-state index is -0.411. The van der Waals surface area contributed by atoms with Crippen molar-refractivity contribution in [1.29, 1.82) is 0 Å². The molecule has 1 aromatic rings. The van der Waals surface area contributed by atoms with E-state index in [1.807, 2.05) is 20.8 Å². The molecule has 0 saturated heterocycles. The van der Waals surface area contributed by atoms with E-state index >= 15 is 0 Å². The van der Waals surface area contributed by atoms with Gasteiger partial charge in [0.1, 0.15) is 0 Å². The number of carbonyl (C=O) groups is 1. The van der Waals surface area contributed by atoms with Crippen LogP contribution in [0.3, 0.4) is 0 Å². The molecule has 1 atom stereocenters. The lowest BCUT2D eigenvalue weighted by molar-refractivity contribution is -0.127. The number of hydrogen-bond donors (Lipinski definition) is 1. The van der Waals surface area contributed by atoms with Crippen molar-refractivity contribution in [2.45, 2.75) is 46.1 Å². The summed E-state index contributed by atoms with van der Waals surface area (Å²) in [5.41, 5.74) is 9.49. The highest BCUT2D eigenvalue weighted by Gasteiger charge is 2.27. The molecule has 2 rings (SSSR count). The monoisotopic (exact) mass is 257 g/mol. The second kappa shape index (κ2) is 5.30. The summed E-state index contributed by atoms with van der Waals surface area (Å²) in [6.07, 6.45) is 7.22. The van der Waals surface area contributed by atoms with Crippen LogP contribution in [0.4, 0.5) is 0 Å². The molecule has 19 heavy (non-hydrogen) atoms. The number of carbonyl (C=O) groups excluding carboxylic acids is 1. The Kier molecular flexibility index (Phi) is 3.91. The second-order valence-corrected chi connectivity index (χ2v) is 6.40. The lowest BCUT2D eigenvalue weighted by atomic mass is 9.84. The number of nitrogens with two attached hydrogens (primary N) is 1. The summed E-state index contributed by atoms with van der Waals surface area (Å²) in [6, 6.07) is 6.03. The van der Waals surface area contributed by atoms with Crippen LogP contribution in [-0.2, 0) is 17.6 Å². The van der Waals surface area contributed by atoms with Crippen LogP contribution in [0.25, 0.3) is 6.08 Å². The van der Waals surface area contributed by atoms with Gasteiger partial charge in [0.25, 0.3) is 0 Å². The van der Waals surface area contributed by atoms with Crippen molar-refractivity contribution >= 4 is 11.9 Å². The van der Waals surface area contributed by atoms with Crippen molar-refractivity contribution in [3.8, 4) is 0 Å². The van der Waals surface area contributed by atoms with Gasteiger partial charge in [0.2, 0.25) is 0 Å². The zero-order valence-electron chi connectivity index (χ0n) is 12.1. The van der Waals surface area contributed by atoms with Gasteiger partial charge in [0, 0.05) is 5.41 Å². The standard InChI is InChI=1S/C17H23NO/c1-17(2,3)16(19)15(18)11-12-8-9-13-6-4-5-7-14(13)10-12/h5,7-10,15H,4,6,11,18H2,1-3H3. The predicted molar refractivity (Wildman–Crippen MR) is 79.9 cm³/mol. The molecule has 102 valence electrons. The van der Waals surface area contributed by atoms with Gasteiger partial charge in [0.15, 0.2) is 5.78 Å². The summed E-state index contributed by atoms with van der Waals surface area (Å²) >= 11 is 0. The molecule has 1 unspecified atom stereocenters. The van der Waals surface area contributed by atoms with Gasteiger partial charge in [-0.15, -0.1) is 0 Å². The van der Waals surface area contributed by atoms with Crippen molar-refractivity contribution in [3.63, 3.8) is 0 Å². The van der Waals surface area contributed by atoms with Gasteiger partial charge in [-0.1, -0.05) is 51.1 Å². The largest absolute Gasteiger partial charge is 0.321 e. The fourth-order valence-corrected chi connectivity index (χ4v) is 2.51. The van der Waals surface area contributed by atoms with Crippen molar-refractivity contribution < 1.29 is 4.79 Å². The highest BCUT2D eigenvalue weighted by atomic mass is 16.1. The normalized spacial score (nSPS) is 16.0. The van der Waals surface area contributed by atoms with Gasteiger partial charge in [-0.25, -0.2) is 0 Å². The van der Waals surface area contributed by atoms with E-state index in [2.05, 4.69) is 30.4 Å². The molecule has 1 aromatic carbocycles. The van der Waals surface area contributed by atoms with Gasteiger partial charge >= 0.3 is 0 Å². The lowest BCUT2D eigenvalue weighted by Gasteiger charge is -2.22. The van der Waals surface area contributed by atoms with Crippen molar-refractivity contribution in [2.24, 2.45) is 11.1 Å². The van der Waals surface area contributed by atoms with E-state index in [9.17, 15) is 4.79 Å². The smallest absolute Gasteiger partial charge is 0.155 e. The fourth-order valence-electron chi connectivity index (χ4n) is 2.51. The van der Waals surface area contributed by atoms with Crippen LogP contribution >= 0.6 is 0 Å². The first kappa shape index (κ1) is 14.0. The molecule has 0 fully saturated rings. The molecule has 0 bridgehead atoms. The van der Waals surface area contributed by atoms with Crippen LogP contribution < -0.4 is 5.73 Å². The Bertz CT molecular complexity index is 508. The number of Topliss-reactive ketones (excluding diaryl/α,β-unsaturated/α-hetero) is 1. The third-order valence-corrected chi connectivity index (χ3v) is 3.62. The predicted octanol–water partition coefficient (Wildman–Crippen LogP) is 3.13. The summed E-state index contributed by atoms with van der Waals surface area (Å²) in [7, 11) is 0. The quantitative estimate of drug-likeness (QED) is 0.904. The zero-order valence-corrected chi connectivity index (χ0v) is 12.1. The molecule has 0 radical (unpaired) electrons. The molecule has 0 aliphatic heterocycles. The molecule has 2 nitrogen and oxygen atoms in total. The summed E-state index contributed by atoms with van der Waals surface area (Å²) in [5.74, 6) is 0.126. The highest BCUT2D eigenvalue weighted by Crippen LogP contribution is 2.22. The minimum Gasteiger partial charge on any atom is -0.321 e. The van der Waals surface area contributed by atoms with Gasteiger partial charge in [-0.3, -0.25) is 4.79 Å². The third-order valence-electron chi connectivity index (χ3n) is 3.62. The Labute approximate surface area is 115 Å². The maximum Gasteiger partial charge on any atom is 0.155 e. The number of benzene rings is 1. The van der Waals surface area contributed by atoms with E-state index in [1.165, 1.54) is 11.1 Å². The number of rotatable bonds is 3. The van der Waals surface area contributed by atoms with Crippen LogP contribution in [-0.4, -0.2) is 11.8 Å². The first-order valence-electron chi connectivity index (χ1n) is 6.96. The van der Waals surface area contributed by atoms with Gasteiger partial charge < -0.3 is 5.73 Å². The Morgan fingerprint density at radius 2 is 2.11 bits per heavy atom. The number of aryl methyl sites for hydroxylation is 1. The minimum absolute atomic E-state index is 0.126. The molecule has 2 heteroatoms. The molecule has 1 aliphatic rings. The zero-order chi connectivity index (χ0) is 14.0. The van der Waals surface area contributed by atoms with E-state index in [0.29, 0.717) is 6.42 Å². The first-order chi connectivity index (χ1) is 8.88. The van der Waals surface area contributed by atoms with Crippen molar-refractivity contribution in [1.82, 2.24) is 0 Å².